The number of likely N-dealkylation sites (tertiary alicyclic amines) is 1. The zero-order valence-electron chi connectivity index (χ0n) is 14.5. The summed E-state index contributed by atoms with van der Waals surface area (Å²) in [6.45, 7) is 9.94. The van der Waals surface area contributed by atoms with Gasteiger partial charge in [-0.2, -0.15) is 0 Å². The topological polar surface area (TPSA) is 40.5 Å². The second kappa shape index (κ2) is 8.16. The number of guanidine groups is 1. The van der Waals surface area contributed by atoms with Crippen LogP contribution in [0.4, 0.5) is 0 Å². The normalized spacial score (nSPS) is 19.0. The molecule has 1 saturated heterocycles. The van der Waals surface area contributed by atoms with E-state index in [2.05, 4.69) is 47.0 Å². The molecule has 2 heterocycles. The van der Waals surface area contributed by atoms with Crippen molar-refractivity contribution >= 4 is 5.96 Å². The number of aryl methyl sites for hydroxylation is 1. The third kappa shape index (κ3) is 4.72. The van der Waals surface area contributed by atoms with E-state index in [0.29, 0.717) is 0 Å². The summed E-state index contributed by atoms with van der Waals surface area (Å²) in [4.78, 5) is 11.0. The van der Waals surface area contributed by atoms with Gasteiger partial charge in [0.2, 0.25) is 0 Å². The average Bonchev–Trinajstić information content (AvgIpc) is 2.93. The maximum atomic E-state index is 4.46. The molecule has 4 nitrogen and oxygen atoms in total. The molecule has 1 atom stereocenters. The minimum absolute atomic E-state index is 0.787. The molecule has 4 heteroatoms. The number of hydrogen-bond donors (Lipinski definition) is 1. The van der Waals surface area contributed by atoms with E-state index in [1.54, 1.807) is 0 Å². The van der Waals surface area contributed by atoms with Gasteiger partial charge in [-0.15, -0.1) is 0 Å². The third-order valence-electron chi connectivity index (χ3n) is 4.42. The first-order valence-corrected chi connectivity index (χ1v) is 8.45. The van der Waals surface area contributed by atoms with Gasteiger partial charge in [-0.05, 0) is 55.2 Å². The molecule has 0 aliphatic carbocycles. The highest BCUT2D eigenvalue weighted by molar-refractivity contribution is 5.80. The lowest BCUT2D eigenvalue weighted by Gasteiger charge is -2.22. The summed E-state index contributed by atoms with van der Waals surface area (Å²) in [5.41, 5.74) is 2.62. The average molecular weight is 302 g/mol. The van der Waals surface area contributed by atoms with Gasteiger partial charge in [-0.1, -0.05) is 13.8 Å². The largest absolute Gasteiger partial charge is 0.356 e. The molecule has 0 radical (unpaired) electrons. The van der Waals surface area contributed by atoms with E-state index in [1.165, 1.54) is 24.0 Å². The predicted molar refractivity (Wildman–Crippen MR) is 93.2 cm³/mol. The zero-order valence-corrected chi connectivity index (χ0v) is 14.5. The van der Waals surface area contributed by atoms with Crippen molar-refractivity contribution in [3.8, 4) is 0 Å². The summed E-state index contributed by atoms with van der Waals surface area (Å²) in [6, 6.07) is 2.11. The molecule has 0 saturated carbocycles. The molecular weight excluding hydrogens is 272 g/mol. The quantitative estimate of drug-likeness (QED) is 0.671. The van der Waals surface area contributed by atoms with E-state index < -0.39 is 0 Å². The summed E-state index contributed by atoms with van der Waals surface area (Å²) >= 11 is 0. The minimum Gasteiger partial charge on any atom is -0.356 e. The van der Waals surface area contributed by atoms with Crippen molar-refractivity contribution < 1.29 is 0 Å². The fourth-order valence-corrected chi connectivity index (χ4v) is 3.31. The molecule has 1 aliphatic heterocycles. The first-order chi connectivity index (χ1) is 10.6. The summed E-state index contributed by atoms with van der Waals surface area (Å²) in [6.07, 6.45) is 7.43. The number of nitrogens with zero attached hydrogens (tertiary/aromatic N) is 3. The Morgan fingerprint density at radius 1 is 1.50 bits per heavy atom. The standard InChI is InChI=1S/C18H30N4/c1-14(2)11-16-7-10-22(13-16)18(19-4)21-9-6-17-5-8-20-12-15(17)3/h5,8,12,14,16H,6-7,9-11,13H2,1-4H3,(H,19,21). The van der Waals surface area contributed by atoms with Gasteiger partial charge < -0.3 is 10.2 Å². The molecule has 0 spiro atoms. The van der Waals surface area contributed by atoms with Crippen LogP contribution in [0.3, 0.4) is 0 Å². The summed E-state index contributed by atoms with van der Waals surface area (Å²) in [5, 5.41) is 3.52. The van der Waals surface area contributed by atoms with Gasteiger partial charge in [0, 0.05) is 39.1 Å². The fourth-order valence-electron chi connectivity index (χ4n) is 3.31. The maximum absolute atomic E-state index is 4.46. The molecule has 0 aromatic carbocycles. The molecule has 0 amide bonds. The number of rotatable bonds is 5. The molecule has 1 aromatic heterocycles. The first kappa shape index (κ1) is 16.8. The third-order valence-corrected chi connectivity index (χ3v) is 4.42. The Morgan fingerprint density at radius 2 is 2.32 bits per heavy atom. The van der Waals surface area contributed by atoms with Crippen molar-refractivity contribution in [1.29, 1.82) is 0 Å². The van der Waals surface area contributed by atoms with E-state index in [1.807, 2.05) is 19.4 Å². The van der Waals surface area contributed by atoms with E-state index >= 15 is 0 Å². The number of hydrogen-bond acceptors (Lipinski definition) is 2. The SMILES string of the molecule is CN=C(NCCc1ccncc1C)N1CCC(CC(C)C)C1. The van der Waals surface area contributed by atoms with Gasteiger partial charge in [-0.3, -0.25) is 9.98 Å². The zero-order chi connectivity index (χ0) is 15.9. The molecule has 1 N–H and O–H groups in total. The van der Waals surface area contributed by atoms with Crippen molar-refractivity contribution in [2.24, 2.45) is 16.8 Å². The van der Waals surface area contributed by atoms with E-state index in [4.69, 9.17) is 0 Å². The Hall–Kier alpha value is -1.58. The van der Waals surface area contributed by atoms with Crippen LogP contribution in [0.5, 0.6) is 0 Å². The van der Waals surface area contributed by atoms with Gasteiger partial charge in [0.25, 0.3) is 0 Å². The van der Waals surface area contributed by atoms with Crippen LogP contribution in [0.1, 0.15) is 37.8 Å². The van der Waals surface area contributed by atoms with Crippen molar-refractivity contribution in [2.75, 3.05) is 26.7 Å². The highest BCUT2D eigenvalue weighted by Crippen LogP contribution is 2.23. The van der Waals surface area contributed by atoms with Crippen LogP contribution in [0.2, 0.25) is 0 Å². The summed E-state index contributed by atoms with van der Waals surface area (Å²) < 4.78 is 0. The van der Waals surface area contributed by atoms with E-state index in [9.17, 15) is 0 Å². The Labute approximate surface area is 135 Å². The van der Waals surface area contributed by atoms with Crippen LogP contribution >= 0.6 is 0 Å². The lowest BCUT2D eigenvalue weighted by molar-refractivity contribution is 0.404. The van der Waals surface area contributed by atoms with Crippen LogP contribution in [0.15, 0.2) is 23.5 Å². The number of aromatic nitrogens is 1. The molecular formula is C18H30N4. The second-order valence-electron chi connectivity index (χ2n) is 6.76. The number of nitrogens with one attached hydrogen (secondary N) is 1. The number of aliphatic imine (C=N–C) groups is 1. The molecule has 1 aromatic rings. The summed E-state index contributed by atoms with van der Waals surface area (Å²) in [5.74, 6) is 2.66. The minimum atomic E-state index is 0.787. The Bertz CT molecular complexity index is 496. The van der Waals surface area contributed by atoms with Gasteiger partial charge in [-0.25, -0.2) is 0 Å². The fraction of sp³-hybridized carbons (Fsp3) is 0.667. The van der Waals surface area contributed by atoms with Crippen LogP contribution in [-0.4, -0.2) is 42.5 Å². The second-order valence-corrected chi connectivity index (χ2v) is 6.76. The molecule has 122 valence electrons. The molecule has 22 heavy (non-hydrogen) atoms. The van der Waals surface area contributed by atoms with E-state index in [0.717, 1.165) is 43.9 Å². The van der Waals surface area contributed by atoms with Crippen molar-refractivity contribution in [3.05, 3.63) is 29.6 Å². The van der Waals surface area contributed by atoms with Gasteiger partial charge in [0.1, 0.15) is 0 Å². The number of pyridine rings is 1. The van der Waals surface area contributed by atoms with Crippen LogP contribution < -0.4 is 5.32 Å². The molecule has 0 bridgehead atoms. The highest BCUT2D eigenvalue weighted by atomic mass is 15.3. The van der Waals surface area contributed by atoms with Crippen LogP contribution in [0, 0.1) is 18.8 Å². The summed E-state index contributed by atoms with van der Waals surface area (Å²) in [7, 11) is 1.88. The lowest BCUT2D eigenvalue weighted by atomic mass is 9.97. The Morgan fingerprint density at radius 3 is 3.00 bits per heavy atom. The lowest BCUT2D eigenvalue weighted by Crippen LogP contribution is -2.41. The van der Waals surface area contributed by atoms with Crippen LogP contribution in [0.25, 0.3) is 0 Å². The Balaban J connectivity index is 1.80. The highest BCUT2D eigenvalue weighted by Gasteiger charge is 2.25. The monoisotopic (exact) mass is 302 g/mol. The molecule has 2 rings (SSSR count). The van der Waals surface area contributed by atoms with Gasteiger partial charge in [0.05, 0.1) is 0 Å². The maximum Gasteiger partial charge on any atom is 0.193 e. The first-order valence-electron chi connectivity index (χ1n) is 8.45. The van der Waals surface area contributed by atoms with Crippen molar-refractivity contribution in [3.63, 3.8) is 0 Å². The molecule has 1 unspecified atom stereocenters. The Kier molecular flexibility index (Phi) is 6.22. The van der Waals surface area contributed by atoms with Crippen molar-refractivity contribution in [2.45, 2.75) is 40.0 Å². The molecule has 1 aliphatic rings. The van der Waals surface area contributed by atoms with Crippen molar-refractivity contribution in [1.82, 2.24) is 15.2 Å². The van der Waals surface area contributed by atoms with Crippen LogP contribution in [-0.2, 0) is 6.42 Å². The van der Waals surface area contributed by atoms with Gasteiger partial charge in [0.15, 0.2) is 5.96 Å². The predicted octanol–water partition coefficient (Wildman–Crippen LogP) is 2.88. The van der Waals surface area contributed by atoms with Gasteiger partial charge >= 0.3 is 0 Å². The molecule has 1 fully saturated rings. The van der Waals surface area contributed by atoms with E-state index in [-0.39, 0.29) is 0 Å². The smallest absolute Gasteiger partial charge is 0.193 e.